The number of amides is 1. The lowest BCUT2D eigenvalue weighted by Crippen LogP contribution is -2.38. The van der Waals surface area contributed by atoms with Gasteiger partial charge in [0.2, 0.25) is 5.91 Å². The molecule has 2 N–H and O–H groups in total. The maximum atomic E-state index is 11.4. The van der Waals surface area contributed by atoms with Crippen LogP contribution in [-0.2, 0) is 4.79 Å². The van der Waals surface area contributed by atoms with Gasteiger partial charge < -0.3 is 10.6 Å². The standard InChI is InChI=1S/C12H19N3O/c1-9(2)15-12(16)8-14-10(3)11-5-4-6-13-7-11/h4-7,9-10,14H,8H2,1-3H3,(H,15,16)/t10-/m0/s1. The van der Waals surface area contributed by atoms with E-state index in [9.17, 15) is 4.79 Å². The Kier molecular flexibility index (Phi) is 4.92. The van der Waals surface area contributed by atoms with E-state index in [1.165, 1.54) is 0 Å². The molecule has 1 rings (SSSR count). The number of carbonyl (C=O) groups excluding carboxylic acids is 1. The van der Waals surface area contributed by atoms with Gasteiger partial charge in [-0.3, -0.25) is 9.78 Å². The van der Waals surface area contributed by atoms with Crippen LogP contribution in [0.25, 0.3) is 0 Å². The van der Waals surface area contributed by atoms with Crippen molar-refractivity contribution in [3.05, 3.63) is 30.1 Å². The summed E-state index contributed by atoms with van der Waals surface area (Å²) in [4.78, 5) is 15.4. The zero-order chi connectivity index (χ0) is 12.0. The van der Waals surface area contributed by atoms with E-state index < -0.39 is 0 Å². The molecular formula is C12H19N3O. The Morgan fingerprint density at radius 3 is 2.75 bits per heavy atom. The Morgan fingerprint density at radius 1 is 1.44 bits per heavy atom. The lowest BCUT2D eigenvalue weighted by atomic mass is 10.1. The highest BCUT2D eigenvalue weighted by atomic mass is 16.1. The largest absolute Gasteiger partial charge is 0.353 e. The average molecular weight is 221 g/mol. The van der Waals surface area contributed by atoms with Gasteiger partial charge in [0.25, 0.3) is 0 Å². The molecule has 0 bridgehead atoms. The summed E-state index contributed by atoms with van der Waals surface area (Å²) in [5.41, 5.74) is 1.08. The summed E-state index contributed by atoms with van der Waals surface area (Å²) in [5, 5.41) is 5.98. The van der Waals surface area contributed by atoms with Crippen molar-refractivity contribution in [1.82, 2.24) is 15.6 Å². The Labute approximate surface area is 96.5 Å². The summed E-state index contributed by atoms with van der Waals surface area (Å²) in [6.07, 6.45) is 3.54. The van der Waals surface area contributed by atoms with Crippen molar-refractivity contribution in [2.75, 3.05) is 6.54 Å². The second-order valence-corrected chi connectivity index (χ2v) is 4.11. The molecule has 1 aromatic rings. The maximum Gasteiger partial charge on any atom is 0.234 e. The van der Waals surface area contributed by atoms with E-state index in [2.05, 4.69) is 15.6 Å². The fourth-order valence-electron chi connectivity index (χ4n) is 1.37. The molecule has 0 aliphatic heterocycles. The van der Waals surface area contributed by atoms with E-state index in [1.807, 2.05) is 32.9 Å². The van der Waals surface area contributed by atoms with Crippen molar-refractivity contribution in [2.24, 2.45) is 0 Å². The number of aromatic nitrogens is 1. The molecule has 0 aliphatic carbocycles. The quantitative estimate of drug-likeness (QED) is 0.787. The Balaban J connectivity index is 2.36. The van der Waals surface area contributed by atoms with Gasteiger partial charge in [0.15, 0.2) is 0 Å². The van der Waals surface area contributed by atoms with Crippen LogP contribution in [0.3, 0.4) is 0 Å². The highest BCUT2D eigenvalue weighted by Crippen LogP contribution is 2.08. The second-order valence-electron chi connectivity index (χ2n) is 4.11. The first kappa shape index (κ1) is 12.6. The summed E-state index contributed by atoms with van der Waals surface area (Å²) in [6, 6.07) is 4.20. The van der Waals surface area contributed by atoms with Gasteiger partial charge in [0.1, 0.15) is 0 Å². The zero-order valence-corrected chi connectivity index (χ0v) is 10.0. The molecule has 0 radical (unpaired) electrons. The molecule has 0 unspecified atom stereocenters. The van der Waals surface area contributed by atoms with Crippen molar-refractivity contribution >= 4 is 5.91 Å². The topological polar surface area (TPSA) is 54.0 Å². The highest BCUT2D eigenvalue weighted by molar-refractivity contribution is 5.78. The summed E-state index contributed by atoms with van der Waals surface area (Å²) < 4.78 is 0. The van der Waals surface area contributed by atoms with E-state index >= 15 is 0 Å². The van der Waals surface area contributed by atoms with E-state index in [1.54, 1.807) is 12.4 Å². The molecule has 0 fully saturated rings. The number of nitrogens with one attached hydrogen (secondary N) is 2. The van der Waals surface area contributed by atoms with Crippen molar-refractivity contribution in [3.8, 4) is 0 Å². The predicted octanol–water partition coefficient (Wildman–Crippen LogP) is 1.26. The molecule has 0 saturated heterocycles. The number of carbonyl (C=O) groups is 1. The molecule has 4 heteroatoms. The van der Waals surface area contributed by atoms with Gasteiger partial charge in [-0.1, -0.05) is 6.07 Å². The molecule has 4 nitrogen and oxygen atoms in total. The van der Waals surface area contributed by atoms with Crippen LogP contribution < -0.4 is 10.6 Å². The maximum absolute atomic E-state index is 11.4. The third-order valence-electron chi connectivity index (χ3n) is 2.20. The van der Waals surface area contributed by atoms with Crippen LogP contribution in [0.15, 0.2) is 24.5 Å². The minimum Gasteiger partial charge on any atom is -0.353 e. The van der Waals surface area contributed by atoms with Crippen LogP contribution in [0.4, 0.5) is 0 Å². The van der Waals surface area contributed by atoms with E-state index in [0.717, 1.165) is 5.56 Å². The Bertz CT molecular complexity index is 324. The number of nitrogens with zero attached hydrogens (tertiary/aromatic N) is 1. The third-order valence-corrected chi connectivity index (χ3v) is 2.20. The first-order valence-corrected chi connectivity index (χ1v) is 5.52. The van der Waals surface area contributed by atoms with E-state index in [0.29, 0.717) is 6.54 Å². The molecule has 1 atom stereocenters. The van der Waals surface area contributed by atoms with Crippen molar-refractivity contribution in [1.29, 1.82) is 0 Å². The Morgan fingerprint density at radius 2 is 2.19 bits per heavy atom. The summed E-state index contributed by atoms with van der Waals surface area (Å²) in [6.45, 7) is 6.23. The molecule has 1 heterocycles. The van der Waals surface area contributed by atoms with Gasteiger partial charge in [0.05, 0.1) is 6.54 Å². The predicted molar refractivity (Wildman–Crippen MR) is 63.9 cm³/mol. The smallest absolute Gasteiger partial charge is 0.234 e. The van der Waals surface area contributed by atoms with Gasteiger partial charge in [-0.15, -0.1) is 0 Å². The second kappa shape index (κ2) is 6.23. The van der Waals surface area contributed by atoms with Gasteiger partial charge >= 0.3 is 0 Å². The fraction of sp³-hybridized carbons (Fsp3) is 0.500. The van der Waals surface area contributed by atoms with Crippen molar-refractivity contribution in [2.45, 2.75) is 32.9 Å². The fourth-order valence-corrected chi connectivity index (χ4v) is 1.37. The lowest BCUT2D eigenvalue weighted by molar-refractivity contribution is -0.120. The number of pyridine rings is 1. The average Bonchev–Trinajstić information content (AvgIpc) is 2.26. The molecule has 0 aliphatic rings. The zero-order valence-electron chi connectivity index (χ0n) is 10.0. The van der Waals surface area contributed by atoms with Gasteiger partial charge in [-0.05, 0) is 32.4 Å². The minimum absolute atomic E-state index is 0.0192. The summed E-state index contributed by atoms with van der Waals surface area (Å²) >= 11 is 0. The lowest BCUT2D eigenvalue weighted by Gasteiger charge is -2.14. The van der Waals surface area contributed by atoms with E-state index in [-0.39, 0.29) is 18.0 Å². The van der Waals surface area contributed by atoms with Crippen molar-refractivity contribution in [3.63, 3.8) is 0 Å². The normalized spacial score (nSPS) is 12.5. The number of rotatable bonds is 5. The van der Waals surface area contributed by atoms with Crippen molar-refractivity contribution < 1.29 is 4.79 Å². The van der Waals surface area contributed by atoms with Crippen LogP contribution in [0.5, 0.6) is 0 Å². The summed E-state index contributed by atoms with van der Waals surface area (Å²) in [7, 11) is 0. The van der Waals surface area contributed by atoms with E-state index in [4.69, 9.17) is 0 Å². The van der Waals surface area contributed by atoms with Crippen LogP contribution in [0.2, 0.25) is 0 Å². The monoisotopic (exact) mass is 221 g/mol. The van der Waals surface area contributed by atoms with Gasteiger partial charge in [-0.25, -0.2) is 0 Å². The first-order valence-electron chi connectivity index (χ1n) is 5.52. The molecule has 0 spiro atoms. The SMILES string of the molecule is CC(C)NC(=O)CN[C@@H](C)c1cccnc1. The number of hydrogen-bond donors (Lipinski definition) is 2. The molecule has 0 aromatic carbocycles. The third kappa shape index (κ3) is 4.40. The van der Waals surface area contributed by atoms with Crippen LogP contribution in [0.1, 0.15) is 32.4 Å². The van der Waals surface area contributed by atoms with Gasteiger partial charge in [-0.2, -0.15) is 0 Å². The molecule has 1 amide bonds. The molecular weight excluding hydrogens is 202 g/mol. The highest BCUT2D eigenvalue weighted by Gasteiger charge is 2.07. The number of hydrogen-bond acceptors (Lipinski definition) is 3. The minimum atomic E-state index is 0.0192. The van der Waals surface area contributed by atoms with Gasteiger partial charge in [0, 0.05) is 24.5 Å². The molecule has 0 saturated carbocycles. The molecule has 1 aromatic heterocycles. The van der Waals surface area contributed by atoms with Crippen LogP contribution in [0, 0.1) is 0 Å². The van der Waals surface area contributed by atoms with Crippen LogP contribution >= 0.6 is 0 Å². The summed E-state index contributed by atoms with van der Waals surface area (Å²) in [5.74, 6) is 0.0192. The Hall–Kier alpha value is -1.42. The molecule has 88 valence electrons. The first-order chi connectivity index (χ1) is 7.59. The molecule has 16 heavy (non-hydrogen) atoms. The van der Waals surface area contributed by atoms with Crippen LogP contribution in [-0.4, -0.2) is 23.5 Å².